The highest BCUT2D eigenvalue weighted by Crippen LogP contribution is 2.65. The standard InChI is InChI=1S/C18H28O4S2/c1-3-21-15(19)10-23-17-6-13-5-14(7-17)9-18(8-13,12-17)24-11-16(20)22-4-2/h13-14H,3-12H2,1-2H3. The van der Waals surface area contributed by atoms with E-state index < -0.39 is 0 Å². The highest BCUT2D eigenvalue weighted by Gasteiger charge is 2.58. The molecule has 4 nitrogen and oxygen atoms in total. The number of esters is 2. The van der Waals surface area contributed by atoms with Crippen molar-refractivity contribution in [2.75, 3.05) is 24.7 Å². The Morgan fingerprint density at radius 2 is 1.29 bits per heavy atom. The van der Waals surface area contributed by atoms with E-state index in [9.17, 15) is 9.59 Å². The largest absolute Gasteiger partial charge is 0.465 e. The third-order valence-electron chi connectivity index (χ3n) is 5.56. The molecule has 0 saturated heterocycles. The van der Waals surface area contributed by atoms with Crippen molar-refractivity contribution in [2.24, 2.45) is 11.8 Å². The maximum Gasteiger partial charge on any atom is 0.315 e. The van der Waals surface area contributed by atoms with E-state index in [1.165, 1.54) is 32.1 Å². The molecular formula is C18H28O4S2. The van der Waals surface area contributed by atoms with Crippen molar-refractivity contribution in [1.82, 2.24) is 0 Å². The van der Waals surface area contributed by atoms with Gasteiger partial charge in [0.1, 0.15) is 0 Å². The van der Waals surface area contributed by atoms with Crippen molar-refractivity contribution in [3.63, 3.8) is 0 Å². The molecule has 0 unspecified atom stereocenters. The zero-order chi connectivity index (χ0) is 17.2. The first-order valence-corrected chi connectivity index (χ1v) is 11.0. The van der Waals surface area contributed by atoms with E-state index in [1.807, 2.05) is 37.4 Å². The molecule has 136 valence electrons. The Morgan fingerprint density at radius 3 is 1.67 bits per heavy atom. The van der Waals surface area contributed by atoms with Gasteiger partial charge in [-0.15, -0.1) is 23.5 Å². The summed E-state index contributed by atoms with van der Waals surface area (Å²) >= 11 is 3.64. The van der Waals surface area contributed by atoms with E-state index in [2.05, 4.69) is 0 Å². The van der Waals surface area contributed by atoms with Crippen molar-refractivity contribution < 1.29 is 19.1 Å². The molecule has 0 radical (unpaired) electrons. The summed E-state index contributed by atoms with van der Waals surface area (Å²) in [6.07, 6.45) is 7.39. The van der Waals surface area contributed by atoms with Gasteiger partial charge in [0.05, 0.1) is 24.7 Å². The van der Waals surface area contributed by atoms with E-state index in [0.29, 0.717) is 24.7 Å². The first-order valence-electron chi connectivity index (χ1n) is 9.07. The number of ether oxygens (including phenoxy) is 2. The SMILES string of the molecule is CCOC(=O)CSC12CC3CC(C1)CC(SCC(=O)OCC)(C3)C2. The molecule has 0 atom stereocenters. The van der Waals surface area contributed by atoms with Gasteiger partial charge in [-0.2, -0.15) is 0 Å². The summed E-state index contributed by atoms with van der Waals surface area (Å²) in [7, 11) is 0. The average molecular weight is 373 g/mol. The molecule has 0 aromatic rings. The molecule has 6 heteroatoms. The Kier molecular flexibility index (Phi) is 5.75. The molecule has 24 heavy (non-hydrogen) atoms. The molecule has 0 amide bonds. The number of thioether (sulfide) groups is 2. The van der Waals surface area contributed by atoms with Crippen molar-refractivity contribution in [3.8, 4) is 0 Å². The molecule has 0 aromatic carbocycles. The van der Waals surface area contributed by atoms with Crippen molar-refractivity contribution in [1.29, 1.82) is 0 Å². The maximum absolute atomic E-state index is 11.8. The van der Waals surface area contributed by atoms with E-state index >= 15 is 0 Å². The lowest BCUT2D eigenvalue weighted by atomic mass is 9.55. The zero-order valence-corrected chi connectivity index (χ0v) is 16.3. The summed E-state index contributed by atoms with van der Waals surface area (Å²) in [6.45, 7) is 4.62. The summed E-state index contributed by atoms with van der Waals surface area (Å²) in [4.78, 5) is 23.6. The van der Waals surface area contributed by atoms with Gasteiger partial charge in [-0.1, -0.05) is 0 Å². The highest BCUT2D eigenvalue weighted by atomic mass is 32.2. The molecule has 4 rings (SSSR count). The summed E-state index contributed by atoms with van der Waals surface area (Å²) in [5.74, 6) is 2.27. The number of rotatable bonds is 8. The minimum Gasteiger partial charge on any atom is -0.465 e. The molecule has 0 aliphatic heterocycles. The monoisotopic (exact) mass is 372 g/mol. The van der Waals surface area contributed by atoms with Crippen LogP contribution in [0.3, 0.4) is 0 Å². The van der Waals surface area contributed by atoms with Crippen molar-refractivity contribution >= 4 is 35.5 Å². The number of carbonyl (C=O) groups excluding carboxylic acids is 2. The van der Waals surface area contributed by atoms with Gasteiger partial charge >= 0.3 is 11.9 Å². The van der Waals surface area contributed by atoms with Crippen LogP contribution < -0.4 is 0 Å². The predicted molar refractivity (Wildman–Crippen MR) is 98.3 cm³/mol. The summed E-state index contributed by atoms with van der Waals surface area (Å²) in [5.41, 5.74) is 0. The Balaban J connectivity index is 1.63. The molecule has 4 saturated carbocycles. The Hall–Kier alpha value is -0.360. The van der Waals surface area contributed by atoms with Crippen LogP contribution >= 0.6 is 23.5 Å². The number of hydrogen-bond donors (Lipinski definition) is 0. The summed E-state index contributed by atoms with van der Waals surface area (Å²) in [6, 6.07) is 0. The van der Waals surface area contributed by atoms with Crippen LogP contribution in [0.1, 0.15) is 52.4 Å². The van der Waals surface area contributed by atoms with Crippen LogP contribution in [-0.2, 0) is 19.1 Å². The molecule has 0 spiro atoms. The Morgan fingerprint density at radius 1 is 0.875 bits per heavy atom. The molecular weight excluding hydrogens is 344 g/mol. The fraction of sp³-hybridized carbons (Fsp3) is 0.889. The summed E-state index contributed by atoms with van der Waals surface area (Å²) in [5, 5.41) is 0. The quantitative estimate of drug-likeness (QED) is 0.606. The number of carbonyl (C=O) groups is 2. The third kappa shape index (κ3) is 4.06. The smallest absolute Gasteiger partial charge is 0.315 e. The molecule has 4 bridgehead atoms. The van der Waals surface area contributed by atoms with Crippen LogP contribution in [0.4, 0.5) is 0 Å². The van der Waals surface area contributed by atoms with Gasteiger partial charge in [-0.3, -0.25) is 9.59 Å². The minimum absolute atomic E-state index is 0.0912. The van der Waals surface area contributed by atoms with Crippen molar-refractivity contribution in [2.45, 2.75) is 61.9 Å². The lowest BCUT2D eigenvalue weighted by Crippen LogP contribution is -2.56. The van der Waals surface area contributed by atoms with Crippen LogP contribution in [0.25, 0.3) is 0 Å². The fourth-order valence-electron chi connectivity index (χ4n) is 5.26. The van der Waals surface area contributed by atoms with Crippen LogP contribution in [-0.4, -0.2) is 46.2 Å². The first kappa shape index (κ1) is 18.4. The molecule has 0 aromatic heterocycles. The number of hydrogen-bond acceptors (Lipinski definition) is 6. The van der Waals surface area contributed by atoms with Gasteiger partial charge in [-0.05, 0) is 64.2 Å². The van der Waals surface area contributed by atoms with Crippen LogP contribution in [0.5, 0.6) is 0 Å². The van der Waals surface area contributed by atoms with Crippen LogP contribution in [0, 0.1) is 11.8 Å². The Bertz CT molecular complexity index is 439. The van der Waals surface area contributed by atoms with Gasteiger partial charge in [0.15, 0.2) is 0 Å². The van der Waals surface area contributed by atoms with E-state index in [0.717, 1.165) is 18.3 Å². The Labute approximate surface area is 153 Å². The molecule has 4 fully saturated rings. The molecule has 4 aliphatic carbocycles. The van der Waals surface area contributed by atoms with E-state index in [4.69, 9.17) is 9.47 Å². The minimum atomic E-state index is -0.0912. The molecule has 0 heterocycles. The van der Waals surface area contributed by atoms with E-state index in [1.54, 1.807) is 0 Å². The lowest BCUT2D eigenvalue weighted by Gasteiger charge is -2.61. The van der Waals surface area contributed by atoms with Crippen molar-refractivity contribution in [3.05, 3.63) is 0 Å². The lowest BCUT2D eigenvalue weighted by molar-refractivity contribution is -0.140. The molecule has 0 N–H and O–H groups in total. The topological polar surface area (TPSA) is 52.6 Å². The van der Waals surface area contributed by atoms with Gasteiger partial charge in [0.25, 0.3) is 0 Å². The van der Waals surface area contributed by atoms with Gasteiger partial charge in [0.2, 0.25) is 0 Å². The average Bonchev–Trinajstić information content (AvgIpc) is 2.51. The predicted octanol–water partition coefficient (Wildman–Crippen LogP) is 3.67. The van der Waals surface area contributed by atoms with Gasteiger partial charge in [-0.25, -0.2) is 0 Å². The second-order valence-corrected chi connectivity index (χ2v) is 10.4. The maximum atomic E-state index is 11.8. The first-order chi connectivity index (χ1) is 11.5. The highest BCUT2D eigenvalue weighted by molar-refractivity contribution is 8.02. The van der Waals surface area contributed by atoms with Crippen LogP contribution in [0.15, 0.2) is 0 Å². The van der Waals surface area contributed by atoms with Gasteiger partial charge in [0, 0.05) is 9.49 Å². The third-order valence-corrected chi connectivity index (χ3v) is 8.50. The summed E-state index contributed by atoms with van der Waals surface area (Å²) < 4.78 is 10.7. The second-order valence-electron chi connectivity index (χ2n) is 7.51. The van der Waals surface area contributed by atoms with Gasteiger partial charge < -0.3 is 9.47 Å². The molecule has 4 aliphatic rings. The van der Waals surface area contributed by atoms with Crippen LogP contribution in [0.2, 0.25) is 0 Å². The normalized spacial score (nSPS) is 36.6. The second kappa shape index (κ2) is 7.48. The van der Waals surface area contributed by atoms with E-state index in [-0.39, 0.29) is 21.4 Å². The fourth-order valence-corrected chi connectivity index (χ4v) is 8.54. The zero-order valence-electron chi connectivity index (χ0n) is 14.7.